The summed E-state index contributed by atoms with van der Waals surface area (Å²) in [6.07, 6.45) is 2.59. The number of likely N-dealkylation sites (tertiary alicyclic amines) is 1. The zero-order chi connectivity index (χ0) is 28.3. The molecule has 0 aromatic heterocycles. The van der Waals surface area contributed by atoms with Crippen molar-refractivity contribution in [1.82, 2.24) is 14.5 Å². The van der Waals surface area contributed by atoms with E-state index in [1.54, 1.807) is 40.1 Å². The summed E-state index contributed by atoms with van der Waals surface area (Å²) in [6.45, 7) is 0.356. The number of hydrogen-bond donors (Lipinski definition) is 1. The van der Waals surface area contributed by atoms with Gasteiger partial charge >= 0.3 is 6.03 Å². The van der Waals surface area contributed by atoms with Gasteiger partial charge < -0.3 is 9.80 Å². The number of rotatable bonds is 7. The number of benzene rings is 2. The van der Waals surface area contributed by atoms with Crippen molar-refractivity contribution in [2.45, 2.75) is 41.8 Å². The van der Waals surface area contributed by atoms with E-state index in [1.807, 2.05) is 47.1 Å². The van der Waals surface area contributed by atoms with Crippen LogP contribution in [0.3, 0.4) is 0 Å². The van der Waals surface area contributed by atoms with Gasteiger partial charge in [-0.15, -0.1) is 0 Å². The Labute approximate surface area is 230 Å². The van der Waals surface area contributed by atoms with Crippen LogP contribution in [0.1, 0.15) is 18.4 Å². The van der Waals surface area contributed by atoms with Crippen LogP contribution in [-0.2, 0) is 16.4 Å². The van der Waals surface area contributed by atoms with E-state index in [2.05, 4.69) is 4.72 Å². The molecular formula is C23H33B6F2N3O3S. The quantitative estimate of drug-likeness (QED) is 0.386. The van der Waals surface area contributed by atoms with Gasteiger partial charge in [0, 0.05) is 23.6 Å². The van der Waals surface area contributed by atoms with Crippen molar-refractivity contribution in [2.75, 3.05) is 12.8 Å². The van der Waals surface area contributed by atoms with E-state index in [4.69, 9.17) is 0 Å². The predicted octanol–water partition coefficient (Wildman–Crippen LogP) is -3.00. The Hall–Kier alpha value is -2.13. The maximum atomic E-state index is 15.9. The van der Waals surface area contributed by atoms with Gasteiger partial charge in [0.25, 0.3) is 0 Å². The monoisotopic (exact) mass is 535 g/mol. The number of amides is 2. The summed E-state index contributed by atoms with van der Waals surface area (Å²) < 4.78 is 58.4. The lowest BCUT2D eigenvalue weighted by Crippen LogP contribution is -2.69. The fourth-order valence-electron chi connectivity index (χ4n) is 6.20. The molecule has 6 nitrogen and oxygen atoms in total. The third kappa shape index (κ3) is 5.88. The number of sulfonamides is 1. The number of carbonyl (C=O) groups is 1. The first-order valence-corrected chi connectivity index (χ1v) is 14.9. The molecule has 1 aliphatic carbocycles. The summed E-state index contributed by atoms with van der Waals surface area (Å²) in [5, 5.41) is -1.05. The van der Waals surface area contributed by atoms with Crippen LogP contribution < -0.4 is 4.72 Å². The number of carbonyl (C=O) groups excluding carboxylic acids is 1. The standard InChI is InChI=1S/C23H33B6F2N3O3S/c1-38(36,37)32-19-17(10-14-9-15(30)11-16(18(14)31)13-5-3-2-4-6-13)33(12-21(19)7-8-21)20(35)34(22(24,25)26)23(27,28)29/h2-6,9,11,17,19,32H,7-8,10,12,24-29H2,1H3/t17-,19+/m0/s1. The second-order valence-electron chi connectivity index (χ2n) is 12.9. The van der Waals surface area contributed by atoms with Gasteiger partial charge in [-0.1, -0.05) is 30.3 Å². The van der Waals surface area contributed by atoms with Crippen molar-refractivity contribution in [3.8, 4) is 11.1 Å². The Balaban J connectivity index is 1.81. The highest BCUT2D eigenvalue weighted by atomic mass is 32.2. The molecule has 2 aromatic carbocycles. The van der Waals surface area contributed by atoms with Gasteiger partial charge in [0.2, 0.25) is 10.0 Å². The average Bonchev–Trinajstić information content (AvgIpc) is 3.49. The second kappa shape index (κ2) is 9.81. The average molecular weight is 534 g/mol. The highest BCUT2D eigenvalue weighted by molar-refractivity contribution is 7.88. The number of nitrogens with zero attached hydrogens (tertiary/aromatic N) is 2. The maximum Gasteiger partial charge on any atom is 0.317 e. The van der Waals surface area contributed by atoms with Crippen molar-refractivity contribution >= 4 is 63.1 Å². The highest BCUT2D eigenvalue weighted by Crippen LogP contribution is 2.56. The normalized spacial score (nSPS) is 21.0. The van der Waals surface area contributed by atoms with E-state index in [0.29, 0.717) is 12.1 Å². The first-order chi connectivity index (χ1) is 17.4. The predicted molar refractivity (Wildman–Crippen MR) is 163 cm³/mol. The molecule has 2 aliphatic rings. The molecule has 38 heavy (non-hydrogen) atoms. The van der Waals surface area contributed by atoms with Crippen molar-refractivity contribution in [2.24, 2.45) is 5.41 Å². The van der Waals surface area contributed by atoms with Crippen LogP contribution in [0.15, 0.2) is 42.5 Å². The number of halogens is 2. The number of urea groups is 1. The van der Waals surface area contributed by atoms with Gasteiger partial charge in [-0.3, -0.25) is 0 Å². The van der Waals surface area contributed by atoms with Gasteiger partial charge in [0.15, 0.2) is 0 Å². The van der Waals surface area contributed by atoms with Gasteiger partial charge in [0.1, 0.15) is 58.7 Å². The van der Waals surface area contributed by atoms with Crippen LogP contribution >= 0.6 is 0 Å². The van der Waals surface area contributed by atoms with Crippen molar-refractivity contribution in [3.05, 3.63) is 59.7 Å². The smallest absolute Gasteiger partial charge is 0.317 e. The zero-order valence-electron chi connectivity index (χ0n) is 23.3. The molecule has 0 unspecified atom stereocenters. The van der Waals surface area contributed by atoms with E-state index in [0.717, 1.165) is 25.2 Å². The Morgan fingerprint density at radius 1 is 1.08 bits per heavy atom. The third-order valence-electron chi connectivity index (χ3n) is 7.57. The molecule has 1 heterocycles. The Morgan fingerprint density at radius 3 is 2.16 bits per heavy atom. The van der Waals surface area contributed by atoms with Crippen molar-refractivity contribution < 1.29 is 22.0 Å². The van der Waals surface area contributed by atoms with E-state index in [9.17, 15) is 17.6 Å². The summed E-state index contributed by atoms with van der Waals surface area (Å²) >= 11 is 0. The fraction of sp³-hybridized carbons (Fsp3) is 0.435. The van der Waals surface area contributed by atoms with Gasteiger partial charge in [-0.05, 0) is 53.0 Å². The molecule has 196 valence electrons. The molecule has 2 aromatic rings. The molecule has 2 atom stereocenters. The van der Waals surface area contributed by atoms with Crippen molar-refractivity contribution in [3.63, 3.8) is 0 Å². The Bertz CT molecular complexity index is 1320. The molecule has 1 spiro atoms. The minimum atomic E-state index is -3.63. The van der Waals surface area contributed by atoms with Crippen LogP contribution in [0, 0.1) is 17.0 Å². The topological polar surface area (TPSA) is 69.7 Å². The van der Waals surface area contributed by atoms with Crippen LogP contribution in [0.25, 0.3) is 11.1 Å². The van der Waals surface area contributed by atoms with Gasteiger partial charge in [-0.2, -0.15) is 0 Å². The molecule has 1 saturated carbocycles. The van der Waals surface area contributed by atoms with E-state index < -0.39 is 49.6 Å². The van der Waals surface area contributed by atoms with Crippen LogP contribution in [0.4, 0.5) is 13.6 Å². The SMILES string of the molecule is BC(B)(B)N(C(=O)N1CC2(CC2)[C@H](NS(C)(=O)=O)[C@@H]1Cc1cc(F)cc(-c2ccccc2)c1F)C(B)(B)B. The third-order valence-corrected chi connectivity index (χ3v) is 8.25. The molecule has 1 N–H and O–H groups in total. The fourth-order valence-corrected chi connectivity index (χ4v) is 7.07. The summed E-state index contributed by atoms with van der Waals surface area (Å²) in [7, 11) is 8.11. The lowest BCUT2D eigenvalue weighted by molar-refractivity contribution is 0.142. The molecule has 2 amide bonds. The highest BCUT2D eigenvalue weighted by Gasteiger charge is 2.62. The zero-order valence-corrected chi connectivity index (χ0v) is 24.1. The number of hydrogen-bond acceptors (Lipinski definition) is 3. The van der Waals surface area contributed by atoms with E-state index in [-0.39, 0.29) is 23.6 Å². The lowest BCUT2D eigenvalue weighted by atomic mass is 9.40. The van der Waals surface area contributed by atoms with Crippen LogP contribution in [0.5, 0.6) is 0 Å². The summed E-state index contributed by atoms with van der Waals surface area (Å²) in [5.41, 5.74) is 0.372. The molecule has 1 aliphatic heterocycles. The summed E-state index contributed by atoms with van der Waals surface area (Å²) in [6, 6.07) is 9.54. The van der Waals surface area contributed by atoms with Gasteiger partial charge in [-0.25, -0.2) is 26.7 Å². The first kappa shape index (κ1) is 28.9. The molecule has 1 saturated heterocycles. The Morgan fingerprint density at radius 2 is 1.66 bits per heavy atom. The Kier molecular flexibility index (Phi) is 7.45. The molecule has 4 rings (SSSR count). The van der Waals surface area contributed by atoms with Crippen LogP contribution in [-0.4, -0.2) is 107 Å². The van der Waals surface area contributed by atoms with E-state index >= 15 is 4.39 Å². The van der Waals surface area contributed by atoms with Crippen molar-refractivity contribution in [1.29, 1.82) is 0 Å². The van der Waals surface area contributed by atoms with Crippen LogP contribution in [0.2, 0.25) is 0 Å². The molecule has 15 heteroatoms. The molecular weight excluding hydrogens is 501 g/mol. The lowest BCUT2D eigenvalue weighted by Gasteiger charge is -2.49. The molecule has 2 fully saturated rings. The maximum absolute atomic E-state index is 15.9. The minimum Gasteiger partial charge on any atom is -0.360 e. The largest absolute Gasteiger partial charge is 0.360 e. The minimum absolute atomic E-state index is 0.0216. The van der Waals surface area contributed by atoms with E-state index in [1.165, 1.54) is 6.07 Å². The molecule has 0 bridgehead atoms. The first-order valence-electron chi connectivity index (χ1n) is 13.0. The second-order valence-corrected chi connectivity index (χ2v) is 14.7. The number of nitrogens with one attached hydrogen (secondary N) is 1. The molecule has 0 radical (unpaired) electrons. The summed E-state index contributed by atoms with van der Waals surface area (Å²) in [5.74, 6) is -1.15. The summed E-state index contributed by atoms with van der Waals surface area (Å²) in [4.78, 5) is 17.7. The van der Waals surface area contributed by atoms with Gasteiger partial charge in [0.05, 0.1) is 12.3 Å².